The normalized spacial score (nSPS) is 16.7. The molecule has 5 heteroatoms. The van der Waals surface area contributed by atoms with Gasteiger partial charge in [-0.1, -0.05) is 69.5 Å². The van der Waals surface area contributed by atoms with Crippen molar-refractivity contribution in [1.29, 1.82) is 0 Å². The number of rotatable bonds is 3. The quantitative estimate of drug-likeness (QED) is 0.419. The number of benzene rings is 3. The van der Waals surface area contributed by atoms with Crippen molar-refractivity contribution in [3.05, 3.63) is 98.4 Å². The third-order valence-corrected chi connectivity index (χ3v) is 5.43. The lowest BCUT2D eigenvalue weighted by Crippen LogP contribution is -2.18. The van der Waals surface area contributed by atoms with E-state index in [4.69, 9.17) is 28.3 Å². The van der Waals surface area contributed by atoms with Crippen molar-refractivity contribution in [3.8, 4) is 0 Å². The lowest BCUT2D eigenvalue weighted by atomic mass is 9.98. The molecule has 1 heterocycles. The molecule has 3 aromatic carbocycles. The Balaban J connectivity index is 1.75. The molecule has 3 aromatic rings. The molecule has 0 bridgehead atoms. The summed E-state index contributed by atoms with van der Waals surface area (Å²) in [6.07, 6.45) is 0.815. The van der Waals surface area contributed by atoms with Gasteiger partial charge in [0, 0.05) is 20.9 Å². The topological polar surface area (TPSA) is 15.6 Å². The Morgan fingerprint density at radius 1 is 0.885 bits per heavy atom. The molecule has 2 nitrogen and oxygen atoms in total. The molecular weight excluding hydrogens is 431 g/mol. The van der Waals surface area contributed by atoms with E-state index in [1.54, 1.807) is 0 Å². The minimum absolute atomic E-state index is 0.118. The largest absolute Gasteiger partial charge is 0.257 e. The van der Waals surface area contributed by atoms with Crippen LogP contribution in [0.2, 0.25) is 10.0 Å². The van der Waals surface area contributed by atoms with E-state index in [9.17, 15) is 0 Å². The van der Waals surface area contributed by atoms with Gasteiger partial charge >= 0.3 is 0 Å². The number of hydrazone groups is 1. The molecule has 1 unspecified atom stereocenters. The van der Waals surface area contributed by atoms with E-state index in [2.05, 4.69) is 45.2 Å². The summed E-state index contributed by atoms with van der Waals surface area (Å²) in [7, 11) is 0. The van der Waals surface area contributed by atoms with Gasteiger partial charge in [-0.15, -0.1) is 0 Å². The second-order valence-corrected chi connectivity index (χ2v) is 7.94. The van der Waals surface area contributed by atoms with E-state index in [0.717, 1.165) is 32.9 Å². The van der Waals surface area contributed by atoms with Crippen LogP contribution in [0.15, 0.2) is 82.4 Å². The zero-order chi connectivity index (χ0) is 18.1. The van der Waals surface area contributed by atoms with Crippen molar-refractivity contribution >= 4 is 50.5 Å². The van der Waals surface area contributed by atoms with Crippen LogP contribution < -0.4 is 5.01 Å². The molecule has 0 radical (unpaired) electrons. The van der Waals surface area contributed by atoms with Gasteiger partial charge in [-0.05, 0) is 53.6 Å². The van der Waals surface area contributed by atoms with Gasteiger partial charge in [-0.2, -0.15) is 5.10 Å². The van der Waals surface area contributed by atoms with Crippen LogP contribution in [-0.2, 0) is 0 Å². The van der Waals surface area contributed by atoms with Crippen LogP contribution in [-0.4, -0.2) is 5.71 Å². The average molecular weight is 446 g/mol. The first-order valence-electron chi connectivity index (χ1n) is 8.24. The van der Waals surface area contributed by atoms with E-state index in [-0.39, 0.29) is 6.04 Å². The number of anilines is 1. The lowest BCUT2D eigenvalue weighted by Gasteiger charge is -2.24. The Morgan fingerprint density at radius 2 is 1.62 bits per heavy atom. The summed E-state index contributed by atoms with van der Waals surface area (Å²) in [5.74, 6) is 0. The molecule has 0 saturated heterocycles. The van der Waals surface area contributed by atoms with Crippen molar-refractivity contribution in [2.75, 3.05) is 5.01 Å². The van der Waals surface area contributed by atoms with E-state index in [1.807, 2.05) is 48.5 Å². The van der Waals surface area contributed by atoms with Crippen molar-refractivity contribution in [2.24, 2.45) is 5.10 Å². The Bertz CT molecular complexity index is 953. The third kappa shape index (κ3) is 3.66. The smallest absolute Gasteiger partial charge is 0.0831 e. The first kappa shape index (κ1) is 17.6. The maximum Gasteiger partial charge on any atom is 0.0831 e. The molecular formula is C21H15BrCl2N2. The van der Waals surface area contributed by atoms with E-state index in [0.29, 0.717) is 5.02 Å². The van der Waals surface area contributed by atoms with Crippen LogP contribution in [0.1, 0.15) is 23.6 Å². The van der Waals surface area contributed by atoms with Gasteiger partial charge in [0.05, 0.1) is 17.4 Å². The molecule has 1 aliphatic heterocycles. The molecule has 1 aliphatic rings. The van der Waals surface area contributed by atoms with Crippen LogP contribution in [0, 0.1) is 0 Å². The molecule has 0 N–H and O–H groups in total. The second kappa shape index (κ2) is 7.43. The maximum atomic E-state index is 6.21. The average Bonchev–Trinajstić information content (AvgIpc) is 3.08. The van der Waals surface area contributed by atoms with E-state index in [1.165, 1.54) is 5.56 Å². The number of hydrogen-bond donors (Lipinski definition) is 0. The van der Waals surface area contributed by atoms with Crippen LogP contribution >= 0.6 is 39.1 Å². The fourth-order valence-corrected chi connectivity index (χ4v) is 3.70. The van der Waals surface area contributed by atoms with Gasteiger partial charge in [0.2, 0.25) is 0 Å². The second-order valence-electron chi connectivity index (χ2n) is 6.15. The Morgan fingerprint density at radius 3 is 2.31 bits per heavy atom. The summed E-state index contributed by atoms with van der Waals surface area (Å²) in [6, 6.07) is 24.1. The van der Waals surface area contributed by atoms with E-state index < -0.39 is 0 Å². The molecule has 1 atom stereocenters. The predicted molar refractivity (Wildman–Crippen MR) is 113 cm³/mol. The minimum Gasteiger partial charge on any atom is -0.257 e. The number of hydrogen-bond acceptors (Lipinski definition) is 2. The highest BCUT2D eigenvalue weighted by Gasteiger charge is 2.30. The summed E-state index contributed by atoms with van der Waals surface area (Å²) >= 11 is 15.7. The van der Waals surface area contributed by atoms with Gasteiger partial charge in [0.1, 0.15) is 0 Å². The molecule has 0 spiro atoms. The van der Waals surface area contributed by atoms with Gasteiger partial charge in [-0.25, -0.2) is 0 Å². The highest BCUT2D eigenvalue weighted by Crippen LogP contribution is 2.37. The Labute approximate surface area is 171 Å². The maximum absolute atomic E-state index is 6.21. The van der Waals surface area contributed by atoms with Crippen LogP contribution in [0.5, 0.6) is 0 Å². The minimum atomic E-state index is 0.118. The highest BCUT2D eigenvalue weighted by molar-refractivity contribution is 9.10. The van der Waals surface area contributed by atoms with Crippen molar-refractivity contribution in [1.82, 2.24) is 0 Å². The molecule has 26 heavy (non-hydrogen) atoms. The van der Waals surface area contributed by atoms with Gasteiger partial charge in [0.15, 0.2) is 0 Å². The Kier molecular flexibility index (Phi) is 5.03. The van der Waals surface area contributed by atoms with Crippen molar-refractivity contribution in [2.45, 2.75) is 12.5 Å². The number of nitrogens with zero attached hydrogens (tertiary/aromatic N) is 2. The Hall–Kier alpha value is -1.81. The molecule has 130 valence electrons. The molecule has 4 rings (SSSR count). The van der Waals surface area contributed by atoms with Crippen LogP contribution in [0.25, 0.3) is 0 Å². The van der Waals surface area contributed by atoms with Gasteiger partial charge < -0.3 is 0 Å². The van der Waals surface area contributed by atoms with Crippen molar-refractivity contribution < 1.29 is 0 Å². The molecule has 0 amide bonds. The summed E-state index contributed by atoms with van der Waals surface area (Å²) in [6.45, 7) is 0. The zero-order valence-corrected chi connectivity index (χ0v) is 16.8. The molecule has 0 aliphatic carbocycles. The molecule has 0 aromatic heterocycles. The van der Waals surface area contributed by atoms with Gasteiger partial charge in [-0.3, -0.25) is 5.01 Å². The van der Waals surface area contributed by atoms with Crippen molar-refractivity contribution in [3.63, 3.8) is 0 Å². The summed E-state index contributed by atoms with van der Waals surface area (Å²) in [5, 5.41) is 8.40. The monoisotopic (exact) mass is 444 g/mol. The number of halogens is 3. The SMILES string of the molecule is Clc1ccc(C2=NN(c3cccc(Cl)c3)C(c3ccc(Br)cc3)C2)cc1. The fourth-order valence-electron chi connectivity index (χ4n) is 3.13. The molecule has 0 saturated carbocycles. The standard InChI is InChI=1S/C21H15BrCl2N2/c22-16-8-4-15(5-9-16)21-13-20(14-6-10-17(23)11-7-14)25-26(21)19-3-1-2-18(24)12-19/h1-12,21H,13H2. The van der Waals surface area contributed by atoms with Crippen LogP contribution in [0.4, 0.5) is 5.69 Å². The van der Waals surface area contributed by atoms with Crippen LogP contribution in [0.3, 0.4) is 0 Å². The van der Waals surface area contributed by atoms with Gasteiger partial charge in [0.25, 0.3) is 0 Å². The summed E-state index contributed by atoms with van der Waals surface area (Å²) in [5.41, 5.74) is 4.31. The lowest BCUT2D eigenvalue weighted by molar-refractivity contribution is 0.709. The first-order chi connectivity index (χ1) is 12.6. The molecule has 0 fully saturated rings. The first-order valence-corrected chi connectivity index (χ1v) is 9.79. The van der Waals surface area contributed by atoms with E-state index >= 15 is 0 Å². The highest BCUT2D eigenvalue weighted by atomic mass is 79.9. The predicted octanol–water partition coefficient (Wildman–Crippen LogP) is 7.11. The zero-order valence-electron chi connectivity index (χ0n) is 13.7. The fraction of sp³-hybridized carbons (Fsp3) is 0.0952. The summed E-state index contributed by atoms with van der Waals surface area (Å²) in [4.78, 5) is 0. The third-order valence-electron chi connectivity index (χ3n) is 4.42. The summed E-state index contributed by atoms with van der Waals surface area (Å²) < 4.78 is 1.06.